The monoisotopic (exact) mass is 253 g/mol. The van der Waals surface area contributed by atoms with Gasteiger partial charge in [0.15, 0.2) is 0 Å². The van der Waals surface area contributed by atoms with Crippen LogP contribution < -0.4 is 10.5 Å². The van der Waals surface area contributed by atoms with Crippen LogP contribution in [0.2, 0.25) is 5.02 Å². The van der Waals surface area contributed by atoms with Gasteiger partial charge in [0.25, 0.3) is 0 Å². The zero-order valence-corrected chi connectivity index (χ0v) is 9.27. The van der Waals surface area contributed by atoms with Gasteiger partial charge in [0.05, 0.1) is 0 Å². The van der Waals surface area contributed by atoms with E-state index in [9.17, 15) is 13.2 Å². The number of nitrogens with two attached hydrogens (primary N) is 1. The summed E-state index contributed by atoms with van der Waals surface area (Å²) in [5.74, 6) is -0.323. The van der Waals surface area contributed by atoms with E-state index in [1.54, 1.807) is 13.0 Å². The molecule has 1 aromatic rings. The lowest BCUT2D eigenvalue weighted by atomic mass is 10.1. The van der Waals surface area contributed by atoms with Crippen molar-refractivity contribution in [3.8, 4) is 5.75 Å². The summed E-state index contributed by atoms with van der Waals surface area (Å²) in [6, 6.07) is 3.80. The SMILES string of the molecule is CC(N)Cc1cc(Cl)cc(OC(F)(F)F)c1. The van der Waals surface area contributed by atoms with Crippen LogP contribution in [0.1, 0.15) is 12.5 Å². The Morgan fingerprint density at radius 2 is 2.00 bits per heavy atom. The number of halogens is 4. The molecule has 1 rings (SSSR count). The standard InChI is InChI=1S/C10H11ClF3NO/c1-6(15)2-7-3-8(11)5-9(4-7)16-10(12,13)14/h3-6H,2,15H2,1H3. The summed E-state index contributed by atoms with van der Waals surface area (Å²) < 4.78 is 39.7. The Kier molecular flexibility index (Phi) is 4.04. The lowest BCUT2D eigenvalue weighted by molar-refractivity contribution is -0.274. The average Bonchev–Trinajstić information content (AvgIpc) is 1.96. The maximum atomic E-state index is 12.0. The van der Waals surface area contributed by atoms with Crippen molar-refractivity contribution in [1.82, 2.24) is 0 Å². The van der Waals surface area contributed by atoms with Gasteiger partial charge in [-0.1, -0.05) is 11.6 Å². The molecule has 1 atom stereocenters. The number of hydrogen-bond donors (Lipinski definition) is 1. The predicted octanol–water partition coefficient (Wildman–Crippen LogP) is 3.13. The summed E-state index contributed by atoms with van der Waals surface area (Å²) in [5.41, 5.74) is 6.16. The van der Waals surface area contributed by atoms with Crippen molar-refractivity contribution in [3.63, 3.8) is 0 Å². The highest BCUT2D eigenvalue weighted by Crippen LogP contribution is 2.27. The highest BCUT2D eigenvalue weighted by Gasteiger charge is 2.31. The Balaban J connectivity index is 2.90. The Morgan fingerprint density at radius 3 is 2.50 bits per heavy atom. The first-order chi connectivity index (χ1) is 7.26. The summed E-state index contributed by atoms with van der Waals surface area (Å²) in [6.45, 7) is 1.76. The summed E-state index contributed by atoms with van der Waals surface area (Å²) >= 11 is 5.67. The van der Waals surface area contributed by atoms with Gasteiger partial charge in [-0.05, 0) is 37.1 Å². The largest absolute Gasteiger partial charge is 0.573 e. The molecule has 0 aliphatic carbocycles. The Bertz CT molecular complexity index is 366. The second-order valence-corrected chi connectivity index (χ2v) is 3.96. The molecule has 90 valence electrons. The second-order valence-electron chi connectivity index (χ2n) is 3.52. The van der Waals surface area contributed by atoms with Crippen LogP contribution in [0.25, 0.3) is 0 Å². The van der Waals surface area contributed by atoms with E-state index in [0.29, 0.717) is 12.0 Å². The first-order valence-corrected chi connectivity index (χ1v) is 4.95. The van der Waals surface area contributed by atoms with E-state index in [-0.39, 0.29) is 16.8 Å². The van der Waals surface area contributed by atoms with Crippen molar-refractivity contribution in [2.45, 2.75) is 25.7 Å². The van der Waals surface area contributed by atoms with E-state index in [1.807, 2.05) is 0 Å². The van der Waals surface area contributed by atoms with Gasteiger partial charge < -0.3 is 10.5 Å². The van der Waals surface area contributed by atoms with Crippen LogP contribution in [-0.2, 0) is 6.42 Å². The fourth-order valence-electron chi connectivity index (χ4n) is 1.30. The third kappa shape index (κ3) is 4.72. The molecule has 0 aliphatic heterocycles. The molecule has 0 aromatic heterocycles. The molecular formula is C10H11ClF3NO. The van der Waals surface area contributed by atoms with Crippen LogP contribution >= 0.6 is 11.6 Å². The van der Waals surface area contributed by atoms with Crippen LogP contribution in [0, 0.1) is 0 Å². The third-order valence-electron chi connectivity index (χ3n) is 1.72. The fraction of sp³-hybridized carbons (Fsp3) is 0.400. The maximum absolute atomic E-state index is 12.0. The molecule has 16 heavy (non-hydrogen) atoms. The van der Waals surface area contributed by atoms with Gasteiger partial charge in [0, 0.05) is 11.1 Å². The van der Waals surface area contributed by atoms with Gasteiger partial charge in [-0.3, -0.25) is 0 Å². The van der Waals surface area contributed by atoms with Gasteiger partial charge in [0.2, 0.25) is 0 Å². The van der Waals surface area contributed by atoms with Crippen LogP contribution in [0.3, 0.4) is 0 Å². The second kappa shape index (κ2) is 4.93. The number of rotatable bonds is 3. The van der Waals surface area contributed by atoms with E-state index in [4.69, 9.17) is 17.3 Å². The lowest BCUT2D eigenvalue weighted by Gasteiger charge is -2.11. The predicted molar refractivity (Wildman–Crippen MR) is 55.5 cm³/mol. The Labute approximate surface area is 96.1 Å². The molecule has 0 radical (unpaired) electrons. The molecule has 0 fully saturated rings. The molecule has 0 saturated heterocycles. The number of hydrogen-bond acceptors (Lipinski definition) is 2. The molecule has 0 amide bonds. The van der Waals surface area contributed by atoms with Gasteiger partial charge in [-0.2, -0.15) is 0 Å². The molecule has 2 N–H and O–H groups in total. The van der Waals surface area contributed by atoms with Crippen molar-refractivity contribution >= 4 is 11.6 Å². The minimum atomic E-state index is -4.71. The molecule has 0 saturated carbocycles. The van der Waals surface area contributed by atoms with E-state index in [2.05, 4.69) is 4.74 Å². The van der Waals surface area contributed by atoms with Gasteiger partial charge >= 0.3 is 6.36 Å². The summed E-state index contributed by atoms with van der Waals surface area (Å²) in [4.78, 5) is 0. The molecule has 0 aliphatic rings. The molecule has 6 heteroatoms. The first-order valence-electron chi connectivity index (χ1n) is 4.57. The fourth-order valence-corrected chi connectivity index (χ4v) is 1.55. The van der Waals surface area contributed by atoms with Gasteiger partial charge in [0.1, 0.15) is 5.75 Å². The highest BCUT2D eigenvalue weighted by molar-refractivity contribution is 6.30. The van der Waals surface area contributed by atoms with Gasteiger partial charge in [-0.15, -0.1) is 13.2 Å². The summed E-state index contributed by atoms with van der Waals surface area (Å²) in [6.07, 6.45) is -4.27. The minimum absolute atomic E-state index is 0.155. The van der Waals surface area contributed by atoms with Crippen LogP contribution in [0.4, 0.5) is 13.2 Å². The van der Waals surface area contributed by atoms with Gasteiger partial charge in [-0.25, -0.2) is 0 Å². The molecule has 0 spiro atoms. The summed E-state index contributed by atoms with van der Waals surface area (Å²) in [5, 5.41) is 0.192. The molecule has 0 bridgehead atoms. The van der Waals surface area contributed by atoms with E-state index in [0.717, 1.165) is 6.07 Å². The van der Waals surface area contributed by atoms with E-state index in [1.165, 1.54) is 6.07 Å². The third-order valence-corrected chi connectivity index (χ3v) is 1.94. The van der Waals surface area contributed by atoms with Crippen molar-refractivity contribution in [3.05, 3.63) is 28.8 Å². The smallest absolute Gasteiger partial charge is 0.406 e. The topological polar surface area (TPSA) is 35.2 Å². The van der Waals surface area contributed by atoms with Crippen molar-refractivity contribution in [2.75, 3.05) is 0 Å². The molecule has 0 heterocycles. The molecule has 1 aromatic carbocycles. The zero-order chi connectivity index (χ0) is 12.3. The molecule has 1 unspecified atom stereocenters. The first kappa shape index (κ1) is 13.1. The zero-order valence-electron chi connectivity index (χ0n) is 8.51. The van der Waals surface area contributed by atoms with Crippen LogP contribution in [0.5, 0.6) is 5.75 Å². The van der Waals surface area contributed by atoms with E-state index >= 15 is 0 Å². The Hall–Kier alpha value is -0.940. The van der Waals surface area contributed by atoms with Crippen LogP contribution in [-0.4, -0.2) is 12.4 Å². The average molecular weight is 254 g/mol. The quantitative estimate of drug-likeness (QED) is 0.898. The number of alkyl halides is 3. The minimum Gasteiger partial charge on any atom is -0.406 e. The number of ether oxygens (including phenoxy) is 1. The van der Waals surface area contributed by atoms with Crippen molar-refractivity contribution < 1.29 is 17.9 Å². The van der Waals surface area contributed by atoms with Crippen molar-refractivity contribution in [1.29, 1.82) is 0 Å². The van der Waals surface area contributed by atoms with E-state index < -0.39 is 6.36 Å². The number of benzene rings is 1. The van der Waals surface area contributed by atoms with Crippen LogP contribution in [0.15, 0.2) is 18.2 Å². The molecule has 2 nitrogen and oxygen atoms in total. The maximum Gasteiger partial charge on any atom is 0.573 e. The molecular weight excluding hydrogens is 243 g/mol. The Morgan fingerprint density at radius 1 is 1.38 bits per heavy atom. The summed E-state index contributed by atoms with van der Waals surface area (Å²) in [7, 11) is 0. The lowest BCUT2D eigenvalue weighted by Crippen LogP contribution is -2.19. The normalized spacial score (nSPS) is 13.6. The highest BCUT2D eigenvalue weighted by atomic mass is 35.5. The van der Waals surface area contributed by atoms with Crippen molar-refractivity contribution in [2.24, 2.45) is 5.73 Å².